The Morgan fingerprint density at radius 2 is 2.17 bits per heavy atom. The van der Waals surface area contributed by atoms with Gasteiger partial charge in [0.15, 0.2) is 5.79 Å². The van der Waals surface area contributed by atoms with E-state index in [1.807, 2.05) is 13.8 Å². The van der Waals surface area contributed by atoms with Crippen LogP contribution >= 0.6 is 0 Å². The molecule has 0 aromatic heterocycles. The summed E-state index contributed by atoms with van der Waals surface area (Å²) in [4.78, 5) is 0. The molecule has 1 aliphatic heterocycles. The molecule has 0 aromatic rings. The van der Waals surface area contributed by atoms with Gasteiger partial charge in [0.25, 0.3) is 0 Å². The largest absolute Gasteiger partial charge is 0.378 e. The van der Waals surface area contributed by atoms with Gasteiger partial charge in [-0.1, -0.05) is 26.0 Å². The summed E-state index contributed by atoms with van der Waals surface area (Å²) in [5.41, 5.74) is 0. The minimum Gasteiger partial charge on any atom is -0.378 e. The Morgan fingerprint density at radius 1 is 1.39 bits per heavy atom. The molecule has 2 rings (SSSR count). The van der Waals surface area contributed by atoms with E-state index in [4.69, 9.17) is 14.2 Å². The lowest BCUT2D eigenvalue weighted by atomic mass is 9.92. The molecule has 2 aliphatic rings. The van der Waals surface area contributed by atoms with E-state index in [9.17, 15) is 0 Å². The highest BCUT2D eigenvalue weighted by atomic mass is 16.7. The van der Waals surface area contributed by atoms with Crippen molar-refractivity contribution in [2.75, 3.05) is 19.8 Å². The van der Waals surface area contributed by atoms with E-state index < -0.39 is 5.79 Å². The molecule has 0 radical (unpaired) electrons. The van der Waals surface area contributed by atoms with Crippen LogP contribution in [0.2, 0.25) is 0 Å². The molecule has 3 heteroatoms. The highest BCUT2D eigenvalue weighted by Gasteiger charge is 2.32. The zero-order valence-corrected chi connectivity index (χ0v) is 12.0. The zero-order chi connectivity index (χ0) is 13.2. The highest BCUT2D eigenvalue weighted by Crippen LogP contribution is 2.29. The van der Waals surface area contributed by atoms with Crippen LogP contribution in [0.15, 0.2) is 12.2 Å². The van der Waals surface area contributed by atoms with Gasteiger partial charge in [-0.15, -0.1) is 0 Å². The quantitative estimate of drug-likeness (QED) is 0.706. The van der Waals surface area contributed by atoms with Crippen molar-refractivity contribution < 1.29 is 14.2 Å². The van der Waals surface area contributed by atoms with Crippen LogP contribution in [0.3, 0.4) is 0 Å². The molecule has 4 atom stereocenters. The third kappa shape index (κ3) is 3.81. The van der Waals surface area contributed by atoms with Crippen molar-refractivity contribution in [2.24, 2.45) is 17.8 Å². The molecule has 104 valence electrons. The SMILES string of the molecule is CC1C=CC(C(C)COCC2COC(C)(C)O2)C1. The van der Waals surface area contributed by atoms with E-state index in [0.29, 0.717) is 25.0 Å². The molecule has 0 bridgehead atoms. The van der Waals surface area contributed by atoms with Gasteiger partial charge in [-0.05, 0) is 38.0 Å². The van der Waals surface area contributed by atoms with Gasteiger partial charge in [-0.25, -0.2) is 0 Å². The maximum atomic E-state index is 5.78. The normalized spacial score (nSPS) is 36.1. The van der Waals surface area contributed by atoms with Crippen molar-refractivity contribution in [1.29, 1.82) is 0 Å². The summed E-state index contributed by atoms with van der Waals surface area (Å²) in [6.45, 7) is 10.5. The minimum atomic E-state index is -0.441. The average molecular weight is 254 g/mol. The smallest absolute Gasteiger partial charge is 0.163 e. The Hall–Kier alpha value is -0.380. The van der Waals surface area contributed by atoms with Crippen LogP contribution in [0, 0.1) is 17.8 Å². The standard InChI is InChI=1S/C15H26O3/c1-11-5-6-13(7-11)12(2)8-16-9-14-10-17-15(3,4)18-14/h5-6,11-14H,7-10H2,1-4H3. The molecular weight excluding hydrogens is 228 g/mol. The fourth-order valence-electron chi connectivity index (χ4n) is 2.69. The second-order valence-corrected chi connectivity index (χ2v) is 6.23. The van der Waals surface area contributed by atoms with Crippen molar-refractivity contribution in [3.63, 3.8) is 0 Å². The number of hydrogen-bond donors (Lipinski definition) is 0. The molecule has 18 heavy (non-hydrogen) atoms. The predicted molar refractivity (Wildman–Crippen MR) is 71.3 cm³/mol. The Labute approximate surface area is 110 Å². The molecule has 1 saturated heterocycles. The number of allylic oxidation sites excluding steroid dienone is 2. The van der Waals surface area contributed by atoms with E-state index in [-0.39, 0.29) is 6.10 Å². The first-order chi connectivity index (χ1) is 8.46. The lowest BCUT2D eigenvalue weighted by molar-refractivity contribution is -0.145. The summed E-state index contributed by atoms with van der Waals surface area (Å²) >= 11 is 0. The van der Waals surface area contributed by atoms with Crippen molar-refractivity contribution in [1.82, 2.24) is 0 Å². The van der Waals surface area contributed by atoms with E-state index in [0.717, 1.165) is 12.5 Å². The van der Waals surface area contributed by atoms with Crippen LogP contribution in [0.4, 0.5) is 0 Å². The van der Waals surface area contributed by atoms with Crippen LogP contribution in [-0.4, -0.2) is 31.7 Å². The Morgan fingerprint density at radius 3 is 2.72 bits per heavy atom. The Kier molecular flexibility index (Phi) is 4.46. The monoisotopic (exact) mass is 254 g/mol. The van der Waals surface area contributed by atoms with Gasteiger partial charge in [0.2, 0.25) is 0 Å². The molecule has 1 fully saturated rings. The fraction of sp³-hybridized carbons (Fsp3) is 0.867. The topological polar surface area (TPSA) is 27.7 Å². The third-order valence-electron chi connectivity index (χ3n) is 3.81. The van der Waals surface area contributed by atoms with Gasteiger partial charge in [0, 0.05) is 6.61 Å². The number of hydrogen-bond acceptors (Lipinski definition) is 3. The molecule has 0 amide bonds. The third-order valence-corrected chi connectivity index (χ3v) is 3.81. The molecule has 1 aliphatic carbocycles. The van der Waals surface area contributed by atoms with Gasteiger partial charge in [0.1, 0.15) is 6.10 Å². The Balaban J connectivity index is 1.62. The molecule has 1 heterocycles. The zero-order valence-electron chi connectivity index (χ0n) is 12.0. The highest BCUT2D eigenvalue weighted by molar-refractivity contribution is 5.01. The van der Waals surface area contributed by atoms with Crippen LogP contribution in [-0.2, 0) is 14.2 Å². The predicted octanol–water partition coefficient (Wildman–Crippen LogP) is 3.00. The summed E-state index contributed by atoms with van der Waals surface area (Å²) in [5, 5.41) is 0. The van der Waals surface area contributed by atoms with Crippen LogP contribution in [0.1, 0.15) is 34.1 Å². The number of ether oxygens (including phenoxy) is 3. The van der Waals surface area contributed by atoms with Crippen LogP contribution < -0.4 is 0 Å². The Bertz CT molecular complexity index is 298. The first kappa shape index (κ1) is 14.0. The summed E-state index contributed by atoms with van der Waals surface area (Å²) in [6, 6.07) is 0. The van der Waals surface area contributed by atoms with Crippen LogP contribution in [0.5, 0.6) is 0 Å². The first-order valence-electron chi connectivity index (χ1n) is 7.04. The van der Waals surface area contributed by atoms with Crippen molar-refractivity contribution in [2.45, 2.75) is 46.0 Å². The first-order valence-corrected chi connectivity index (χ1v) is 7.04. The molecule has 3 nitrogen and oxygen atoms in total. The second-order valence-electron chi connectivity index (χ2n) is 6.23. The van der Waals surface area contributed by atoms with E-state index >= 15 is 0 Å². The molecule has 0 saturated carbocycles. The van der Waals surface area contributed by atoms with Gasteiger partial charge >= 0.3 is 0 Å². The number of rotatable bonds is 5. The lowest BCUT2D eigenvalue weighted by Gasteiger charge is -2.20. The molecule has 0 spiro atoms. The summed E-state index contributed by atoms with van der Waals surface area (Å²) in [7, 11) is 0. The maximum absolute atomic E-state index is 5.78. The van der Waals surface area contributed by atoms with E-state index in [1.165, 1.54) is 6.42 Å². The van der Waals surface area contributed by atoms with Gasteiger partial charge in [-0.3, -0.25) is 0 Å². The van der Waals surface area contributed by atoms with Crippen LogP contribution in [0.25, 0.3) is 0 Å². The van der Waals surface area contributed by atoms with E-state index in [2.05, 4.69) is 26.0 Å². The summed E-state index contributed by atoms with van der Waals surface area (Å²) in [5.74, 6) is 1.55. The summed E-state index contributed by atoms with van der Waals surface area (Å²) in [6.07, 6.45) is 6.01. The average Bonchev–Trinajstić information content (AvgIpc) is 2.85. The van der Waals surface area contributed by atoms with E-state index in [1.54, 1.807) is 0 Å². The maximum Gasteiger partial charge on any atom is 0.163 e. The van der Waals surface area contributed by atoms with Gasteiger partial charge in [-0.2, -0.15) is 0 Å². The molecule has 0 N–H and O–H groups in total. The molecule has 0 aromatic carbocycles. The van der Waals surface area contributed by atoms with Crippen molar-refractivity contribution >= 4 is 0 Å². The van der Waals surface area contributed by atoms with Gasteiger partial charge < -0.3 is 14.2 Å². The fourth-order valence-corrected chi connectivity index (χ4v) is 2.69. The summed E-state index contributed by atoms with van der Waals surface area (Å²) < 4.78 is 17.0. The molecule has 4 unspecified atom stereocenters. The second kappa shape index (κ2) is 5.72. The van der Waals surface area contributed by atoms with Crippen molar-refractivity contribution in [3.05, 3.63) is 12.2 Å². The van der Waals surface area contributed by atoms with Gasteiger partial charge in [0.05, 0.1) is 13.2 Å². The minimum absolute atomic E-state index is 0.0882. The van der Waals surface area contributed by atoms with Crippen molar-refractivity contribution in [3.8, 4) is 0 Å². The lowest BCUT2D eigenvalue weighted by Crippen LogP contribution is -2.25. The molecular formula is C15H26O3.